The number of phenolic OH excluding ortho intramolecular Hbond substituents is 1. The summed E-state index contributed by atoms with van der Waals surface area (Å²) in [5, 5.41) is 13.8. The normalized spacial score (nSPS) is 26.2. The average molecular weight is 405 g/mol. The molecule has 1 aliphatic rings. The van der Waals surface area contributed by atoms with Crippen molar-refractivity contribution in [1.82, 2.24) is 5.32 Å². The average Bonchev–Trinajstić information content (AvgIpc) is 2.38. The first-order valence-corrected chi connectivity index (χ1v) is 8.74. The Morgan fingerprint density at radius 2 is 2.30 bits per heavy atom. The number of hydrogen-bond acceptors (Lipinski definition) is 2. The van der Waals surface area contributed by atoms with Crippen molar-refractivity contribution in [1.29, 1.82) is 0 Å². The summed E-state index contributed by atoms with van der Waals surface area (Å²) in [7, 11) is 0. The van der Waals surface area contributed by atoms with Crippen molar-refractivity contribution < 1.29 is 9.90 Å². The zero-order valence-electron chi connectivity index (χ0n) is 11.5. The minimum atomic E-state index is -0.205. The quantitative estimate of drug-likeness (QED) is 0.740. The number of hydrogen-bond donors (Lipinski definition) is 2. The fourth-order valence-corrected chi connectivity index (χ4v) is 3.93. The highest BCUT2D eigenvalue weighted by Crippen LogP contribution is 2.34. The second-order valence-electron chi connectivity index (χ2n) is 5.73. The molecule has 2 N–H and O–H groups in total. The van der Waals surface area contributed by atoms with Crippen LogP contribution in [0.25, 0.3) is 0 Å². The van der Waals surface area contributed by atoms with Gasteiger partial charge in [0.15, 0.2) is 0 Å². The summed E-state index contributed by atoms with van der Waals surface area (Å²) in [5.74, 6) is 0.411. The van der Waals surface area contributed by atoms with Gasteiger partial charge in [0.1, 0.15) is 5.75 Å². The Bertz CT molecular complexity index is 507. The number of phenols is 1. The fraction of sp³-hybridized carbons (Fsp3) is 0.533. The third kappa shape index (κ3) is 3.55. The number of amides is 1. The summed E-state index contributed by atoms with van der Waals surface area (Å²) >= 11 is 6.82. The van der Waals surface area contributed by atoms with E-state index >= 15 is 0 Å². The number of halogens is 2. The third-order valence-electron chi connectivity index (χ3n) is 3.93. The molecule has 1 aliphatic carbocycles. The van der Waals surface area contributed by atoms with Gasteiger partial charge < -0.3 is 10.4 Å². The van der Waals surface area contributed by atoms with Crippen LogP contribution in [0.5, 0.6) is 5.75 Å². The van der Waals surface area contributed by atoms with Gasteiger partial charge in [0.2, 0.25) is 0 Å². The first-order chi connectivity index (χ1) is 9.46. The van der Waals surface area contributed by atoms with E-state index in [0.717, 1.165) is 29.1 Å². The molecule has 1 fully saturated rings. The number of alkyl halides is 1. The lowest BCUT2D eigenvalue weighted by molar-refractivity contribution is 0.0867. The van der Waals surface area contributed by atoms with Crippen LogP contribution < -0.4 is 5.32 Å². The van der Waals surface area contributed by atoms with Crippen LogP contribution in [0.15, 0.2) is 22.7 Å². The molecule has 0 radical (unpaired) electrons. The Hall–Kier alpha value is -0.550. The zero-order valence-corrected chi connectivity index (χ0v) is 14.6. The van der Waals surface area contributed by atoms with Crippen LogP contribution in [-0.4, -0.2) is 21.9 Å². The molecule has 1 saturated carbocycles. The minimum absolute atomic E-state index is 0.00505. The van der Waals surface area contributed by atoms with E-state index in [4.69, 9.17) is 0 Å². The van der Waals surface area contributed by atoms with E-state index in [1.54, 1.807) is 18.2 Å². The Balaban J connectivity index is 2.16. The molecule has 5 heteroatoms. The van der Waals surface area contributed by atoms with Crippen molar-refractivity contribution >= 4 is 37.8 Å². The Kier molecular flexibility index (Phi) is 5.13. The van der Waals surface area contributed by atoms with E-state index in [-0.39, 0.29) is 17.2 Å². The molecule has 0 bridgehead atoms. The molecule has 0 aliphatic heterocycles. The number of carbonyl (C=O) groups excluding carboxylic acids is 1. The van der Waals surface area contributed by atoms with Gasteiger partial charge in [-0.05, 0) is 37.0 Å². The van der Waals surface area contributed by atoms with Crippen LogP contribution in [0.3, 0.4) is 0 Å². The molecular formula is C15H19Br2NO2. The standard InChI is InChI=1S/C15H19Br2NO2/c1-10-3-2-6-15(8-10,9-16)18-14(20)12-5-4-11(17)7-13(12)19/h4-5,7,10,19H,2-3,6,8-9H2,1H3,(H,18,20). The maximum atomic E-state index is 12.4. The van der Waals surface area contributed by atoms with Crippen molar-refractivity contribution in [3.05, 3.63) is 28.2 Å². The van der Waals surface area contributed by atoms with Gasteiger partial charge in [0.05, 0.1) is 11.1 Å². The number of nitrogens with one attached hydrogen (secondary N) is 1. The van der Waals surface area contributed by atoms with E-state index < -0.39 is 0 Å². The predicted octanol–water partition coefficient (Wildman–Crippen LogP) is 4.23. The largest absolute Gasteiger partial charge is 0.507 e. The Morgan fingerprint density at radius 1 is 1.55 bits per heavy atom. The molecule has 1 aromatic rings. The van der Waals surface area contributed by atoms with Crippen molar-refractivity contribution in [3.63, 3.8) is 0 Å². The molecule has 20 heavy (non-hydrogen) atoms. The van der Waals surface area contributed by atoms with Gasteiger partial charge in [0.25, 0.3) is 5.91 Å². The van der Waals surface area contributed by atoms with E-state index in [9.17, 15) is 9.90 Å². The summed E-state index contributed by atoms with van der Waals surface area (Å²) in [6.45, 7) is 2.22. The summed E-state index contributed by atoms with van der Waals surface area (Å²) in [6.07, 6.45) is 4.29. The highest BCUT2D eigenvalue weighted by molar-refractivity contribution is 9.10. The van der Waals surface area contributed by atoms with E-state index in [0.29, 0.717) is 11.5 Å². The molecule has 110 valence electrons. The van der Waals surface area contributed by atoms with Crippen molar-refractivity contribution in [3.8, 4) is 5.75 Å². The molecule has 1 amide bonds. The van der Waals surface area contributed by atoms with Gasteiger partial charge in [-0.3, -0.25) is 4.79 Å². The SMILES string of the molecule is CC1CCCC(CBr)(NC(=O)c2ccc(Br)cc2O)C1. The lowest BCUT2D eigenvalue weighted by atomic mass is 9.77. The topological polar surface area (TPSA) is 49.3 Å². The smallest absolute Gasteiger partial charge is 0.255 e. The van der Waals surface area contributed by atoms with Gasteiger partial charge in [-0.2, -0.15) is 0 Å². The van der Waals surface area contributed by atoms with Gasteiger partial charge in [0, 0.05) is 9.80 Å². The van der Waals surface area contributed by atoms with Crippen LogP contribution >= 0.6 is 31.9 Å². The number of aromatic hydroxyl groups is 1. The summed E-state index contributed by atoms with van der Waals surface area (Å²) in [4.78, 5) is 12.4. The van der Waals surface area contributed by atoms with Crippen molar-refractivity contribution in [2.24, 2.45) is 5.92 Å². The summed E-state index contributed by atoms with van der Waals surface area (Å²) < 4.78 is 0.757. The van der Waals surface area contributed by atoms with E-state index in [2.05, 4.69) is 44.1 Å². The lowest BCUT2D eigenvalue weighted by Gasteiger charge is -2.39. The molecule has 0 heterocycles. The maximum absolute atomic E-state index is 12.4. The van der Waals surface area contributed by atoms with Crippen molar-refractivity contribution in [2.75, 3.05) is 5.33 Å². The minimum Gasteiger partial charge on any atom is -0.507 e. The highest BCUT2D eigenvalue weighted by Gasteiger charge is 2.35. The van der Waals surface area contributed by atoms with E-state index in [1.807, 2.05) is 0 Å². The number of carbonyl (C=O) groups is 1. The van der Waals surface area contributed by atoms with Crippen LogP contribution in [0.4, 0.5) is 0 Å². The molecule has 2 unspecified atom stereocenters. The Labute approximate surface area is 136 Å². The molecule has 1 aromatic carbocycles. The zero-order chi connectivity index (χ0) is 14.8. The lowest BCUT2D eigenvalue weighted by Crippen LogP contribution is -2.52. The van der Waals surface area contributed by atoms with Gasteiger partial charge in [-0.25, -0.2) is 0 Å². The molecule has 2 rings (SSSR count). The third-order valence-corrected chi connectivity index (χ3v) is 5.50. The van der Waals surface area contributed by atoms with Gasteiger partial charge in [-0.15, -0.1) is 0 Å². The van der Waals surface area contributed by atoms with Gasteiger partial charge >= 0.3 is 0 Å². The maximum Gasteiger partial charge on any atom is 0.255 e. The van der Waals surface area contributed by atoms with Crippen LogP contribution in [0, 0.1) is 5.92 Å². The van der Waals surface area contributed by atoms with Gasteiger partial charge in [-0.1, -0.05) is 51.6 Å². The first kappa shape index (κ1) is 15.8. The molecule has 0 saturated heterocycles. The molecule has 0 aromatic heterocycles. The van der Waals surface area contributed by atoms with Crippen LogP contribution in [0.1, 0.15) is 43.0 Å². The highest BCUT2D eigenvalue weighted by atomic mass is 79.9. The van der Waals surface area contributed by atoms with Crippen molar-refractivity contribution in [2.45, 2.75) is 38.1 Å². The molecule has 3 nitrogen and oxygen atoms in total. The second-order valence-corrected chi connectivity index (χ2v) is 7.21. The Morgan fingerprint density at radius 3 is 2.90 bits per heavy atom. The summed E-state index contributed by atoms with van der Waals surface area (Å²) in [6, 6.07) is 4.95. The van der Waals surface area contributed by atoms with E-state index in [1.165, 1.54) is 6.42 Å². The first-order valence-electron chi connectivity index (χ1n) is 6.83. The van der Waals surface area contributed by atoms with Crippen LogP contribution in [0.2, 0.25) is 0 Å². The molecular weight excluding hydrogens is 386 g/mol. The van der Waals surface area contributed by atoms with Crippen LogP contribution in [-0.2, 0) is 0 Å². The monoisotopic (exact) mass is 403 g/mol. The molecule has 0 spiro atoms. The number of benzene rings is 1. The summed E-state index contributed by atoms with van der Waals surface area (Å²) in [5.41, 5.74) is 0.126. The second kappa shape index (κ2) is 6.48. The predicted molar refractivity (Wildman–Crippen MR) is 87.4 cm³/mol. The fourth-order valence-electron chi connectivity index (χ4n) is 2.93. The molecule has 2 atom stereocenters. The number of rotatable bonds is 3.